The number of rotatable bonds is 17. The first kappa shape index (κ1) is 32.2. The highest BCUT2D eigenvalue weighted by atomic mass is 32.2. The van der Waals surface area contributed by atoms with Crippen molar-refractivity contribution in [3.63, 3.8) is 0 Å². The zero-order valence-corrected chi connectivity index (χ0v) is 25.9. The number of aryl methyl sites for hydroxylation is 1. The number of benzene rings is 2. The number of aromatic nitrogens is 3. The molecule has 0 aliphatic rings. The normalized spacial score (nSPS) is 12.3. The second kappa shape index (κ2) is 15.7. The van der Waals surface area contributed by atoms with E-state index in [1.807, 2.05) is 25.1 Å². The van der Waals surface area contributed by atoms with Crippen molar-refractivity contribution in [3.8, 4) is 5.69 Å². The van der Waals surface area contributed by atoms with Crippen molar-refractivity contribution in [2.24, 2.45) is 0 Å². The minimum absolute atomic E-state index is 0.111. The Labute approximate surface area is 254 Å². The quantitative estimate of drug-likeness (QED) is 0.139. The molecule has 0 aliphatic heterocycles. The molecule has 0 radical (unpaired) electrons. The fraction of sp³-hybridized carbons (Fsp3) is 0.394. The van der Waals surface area contributed by atoms with Crippen molar-refractivity contribution in [2.75, 3.05) is 17.8 Å². The molecule has 0 amide bonds. The van der Waals surface area contributed by atoms with Crippen molar-refractivity contribution < 1.29 is 13.5 Å². The summed E-state index contributed by atoms with van der Waals surface area (Å²) in [5.41, 5.74) is 3.67. The second-order valence-corrected chi connectivity index (χ2v) is 12.6. The zero-order chi connectivity index (χ0) is 30.7. The van der Waals surface area contributed by atoms with E-state index in [1.165, 1.54) is 37.8 Å². The van der Waals surface area contributed by atoms with Gasteiger partial charge in [0.2, 0.25) is 0 Å². The lowest BCUT2D eigenvalue weighted by atomic mass is 10.1. The summed E-state index contributed by atoms with van der Waals surface area (Å²) in [7, 11) is -3.80. The first-order valence-corrected chi connectivity index (χ1v) is 16.6. The van der Waals surface area contributed by atoms with Gasteiger partial charge in [-0.05, 0) is 74.3 Å². The summed E-state index contributed by atoms with van der Waals surface area (Å²) in [6.45, 7) is 5.89. The Bertz CT molecular complexity index is 1580. The van der Waals surface area contributed by atoms with Gasteiger partial charge in [-0.25, -0.2) is 13.2 Å². The van der Waals surface area contributed by atoms with Gasteiger partial charge in [0.15, 0.2) is 0 Å². The van der Waals surface area contributed by atoms with Gasteiger partial charge in [-0.2, -0.15) is 0 Å². The van der Waals surface area contributed by atoms with Gasteiger partial charge in [-0.3, -0.25) is 18.8 Å². The van der Waals surface area contributed by atoms with E-state index in [0.29, 0.717) is 31.0 Å². The largest absolute Gasteiger partial charge is 0.387 e. The first-order chi connectivity index (χ1) is 20.8. The van der Waals surface area contributed by atoms with Gasteiger partial charge in [-0.1, -0.05) is 57.2 Å². The van der Waals surface area contributed by atoms with Gasteiger partial charge in [0, 0.05) is 48.6 Å². The van der Waals surface area contributed by atoms with E-state index in [1.54, 1.807) is 58.1 Å². The topological polar surface area (TPSA) is 118 Å². The predicted molar refractivity (Wildman–Crippen MR) is 171 cm³/mol. The highest BCUT2D eigenvalue weighted by Crippen LogP contribution is 2.19. The Hall–Kier alpha value is -3.73. The summed E-state index contributed by atoms with van der Waals surface area (Å²) < 4.78 is 32.1. The Morgan fingerprint density at radius 3 is 2.37 bits per heavy atom. The van der Waals surface area contributed by atoms with E-state index in [-0.39, 0.29) is 10.6 Å². The van der Waals surface area contributed by atoms with E-state index >= 15 is 0 Å². The molecule has 9 nitrogen and oxygen atoms in total. The van der Waals surface area contributed by atoms with E-state index in [0.717, 1.165) is 36.1 Å². The van der Waals surface area contributed by atoms with Crippen molar-refractivity contribution >= 4 is 15.7 Å². The Balaban J connectivity index is 1.29. The van der Waals surface area contributed by atoms with Crippen molar-refractivity contribution in [1.82, 2.24) is 19.4 Å². The maximum Gasteiger partial charge on any atom is 0.332 e. The Morgan fingerprint density at radius 1 is 0.953 bits per heavy atom. The van der Waals surface area contributed by atoms with Crippen LogP contribution in [0.5, 0.6) is 0 Å². The highest BCUT2D eigenvalue weighted by Gasteiger charge is 2.16. The van der Waals surface area contributed by atoms with Crippen LogP contribution in [0.25, 0.3) is 5.69 Å². The summed E-state index contributed by atoms with van der Waals surface area (Å²) in [4.78, 5) is 17.2. The number of aliphatic hydroxyl groups excluding tert-OH is 1. The third kappa shape index (κ3) is 9.13. The average molecular weight is 606 g/mol. The molecule has 2 heterocycles. The second-order valence-electron chi connectivity index (χ2n) is 10.9. The molecule has 0 bridgehead atoms. The van der Waals surface area contributed by atoms with Gasteiger partial charge in [0.25, 0.3) is 10.0 Å². The smallest absolute Gasteiger partial charge is 0.332 e. The Morgan fingerprint density at radius 2 is 1.67 bits per heavy atom. The molecular weight excluding hydrogens is 562 g/mol. The van der Waals surface area contributed by atoms with Crippen LogP contribution in [0.4, 0.5) is 5.69 Å². The molecule has 10 heteroatoms. The van der Waals surface area contributed by atoms with E-state index in [4.69, 9.17) is 0 Å². The third-order valence-corrected chi connectivity index (χ3v) is 8.94. The van der Waals surface area contributed by atoms with E-state index in [2.05, 4.69) is 21.9 Å². The SMILES string of the molecule is CCCCCCCCn1c(C)cn(-c2ccc(S(=O)(=O)Nc3ccc(CCNC[C@H](O)c4cccnc4)cc3)cc2)c1=O. The molecule has 0 unspecified atom stereocenters. The molecule has 0 fully saturated rings. The lowest BCUT2D eigenvalue weighted by Crippen LogP contribution is -2.24. The van der Waals surface area contributed by atoms with Gasteiger partial charge in [0.1, 0.15) is 0 Å². The monoisotopic (exact) mass is 605 g/mol. The van der Waals surface area contributed by atoms with Gasteiger partial charge in [0.05, 0.1) is 16.7 Å². The van der Waals surface area contributed by atoms with E-state index < -0.39 is 16.1 Å². The molecule has 1 atom stereocenters. The molecular formula is C33H43N5O4S. The van der Waals surface area contributed by atoms with Crippen LogP contribution in [-0.4, -0.2) is 40.7 Å². The molecule has 4 aromatic rings. The summed E-state index contributed by atoms with van der Waals surface area (Å²) in [6.07, 6.45) is 12.2. The van der Waals surface area contributed by atoms with Crippen molar-refractivity contribution in [3.05, 3.63) is 107 Å². The van der Waals surface area contributed by atoms with Crippen LogP contribution in [0.15, 0.2) is 88.9 Å². The van der Waals surface area contributed by atoms with Crippen LogP contribution in [-0.2, 0) is 23.0 Å². The fourth-order valence-corrected chi connectivity index (χ4v) is 6.06. The molecule has 230 valence electrons. The number of hydrogen-bond donors (Lipinski definition) is 3. The number of nitrogens with one attached hydrogen (secondary N) is 2. The molecule has 4 rings (SSSR count). The van der Waals surface area contributed by atoms with Crippen LogP contribution in [0.3, 0.4) is 0 Å². The molecule has 0 saturated heterocycles. The summed E-state index contributed by atoms with van der Waals surface area (Å²) in [5.74, 6) is 0. The number of sulfonamides is 1. The number of aliphatic hydroxyl groups is 1. The van der Waals surface area contributed by atoms with Crippen LogP contribution < -0.4 is 15.7 Å². The predicted octanol–water partition coefficient (Wildman–Crippen LogP) is 5.37. The van der Waals surface area contributed by atoms with Crippen LogP contribution >= 0.6 is 0 Å². The number of anilines is 1. The van der Waals surface area contributed by atoms with Crippen LogP contribution in [0, 0.1) is 6.92 Å². The van der Waals surface area contributed by atoms with Gasteiger partial charge in [-0.15, -0.1) is 0 Å². The number of hydrogen-bond acceptors (Lipinski definition) is 6. The standard InChI is InChI=1S/C33H43N5O4S/c1-3-4-5-6-7-8-22-37-26(2)25-38(33(37)40)30-15-17-31(18-16-30)43(41,42)36-29-13-11-27(12-14-29)19-21-35-24-32(39)28-10-9-20-34-23-28/h9-18,20,23,25,32,35-36,39H,3-8,19,21-22,24H2,1-2H3/t32-/m0/s1. The molecule has 0 aliphatic carbocycles. The minimum Gasteiger partial charge on any atom is -0.387 e. The molecule has 0 spiro atoms. The number of pyridine rings is 1. The number of imidazole rings is 1. The highest BCUT2D eigenvalue weighted by molar-refractivity contribution is 7.92. The molecule has 0 saturated carbocycles. The minimum atomic E-state index is -3.80. The van der Waals surface area contributed by atoms with Gasteiger partial charge < -0.3 is 10.4 Å². The molecule has 2 aromatic heterocycles. The van der Waals surface area contributed by atoms with E-state index in [9.17, 15) is 18.3 Å². The zero-order valence-electron chi connectivity index (χ0n) is 25.1. The number of nitrogens with zero attached hydrogens (tertiary/aromatic N) is 3. The summed E-state index contributed by atoms with van der Waals surface area (Å²) in [6, 6.07) is 17.2. The van der Waals surface area contributed by atoms with Crippen LogP contribution in [0.2, 0.25) is 0 Å². The average Bonchev–Trinajstić information content (AvgIpc) is 3.30. The number of unbranched alkanes of at least 4 members (excludes halogenated alkanes) is 5. The summed E-state index contributed by atoms with van der Waals surface area (Å²) >= 11 is 0. The maximum absolute atomic E-state index is 13.1. The molecule has 3 N–H and O–H groups in total. The van der Waals surface area contributed by atoms with Crippen molar-refractivity contribution in [1.29, 1.82) is 0 Å². The lowest BCUT2D eigenvalue weighted by Gasteiger charge is -2.12. The van der Waals surface area contributed by atoms with Crippen LogP contribution in [0.1, 0.15) is 68.4 Å². The first-order valence-electron chi connectivity index (χ1n) is 15.1. The molecule has 43 heavy (non-hydrogen) atoms. The molecule has 2 aromatic carbocycles. The third-order valence-electron chi connectivity index (χ3n) is 7.54. The maximum atomic E-state index is 13.1. The summed E-state index contributed by atoms with van der Waals surface area (Å²) in [5, 5.41) is 13.5. The van der Waals surface area contributed by atoms with Gasteiger partial charge >= 0.3 is 5.69 Å². The Kier molecular flexibility index (Phi) is 11.7. The van der Waals surface area contributed by atoms with Crippen molar-refractivity contribution in [2.45, 2.75) is 76.3 Å². The fourth-order valence-electron chi connectivity index (χ4n) is 5.00. The lowest BCUT2D eigenvalue weighted by molar-refractivity contribution is 0.174.